The molecule has 1 saturated heterocycles. The van der Waals surface area contributed by atoms with Gasteiger partial charge in [0.1, 0.15) is 0 Å². The average Bonchev–Trinajstić information content (AvgIpc) is 2.89. The molecule has 1 aliphatic heterocycles. The Bertz CT molecular complexity index is 541. The van der Waals surface area contributed by atoms with Gasteiger partial charge in [0.2, 0.25) is 10.0 Å². The van der Waals surface area contributed by atoms with Gasteiger partial charge in [0.15, 0.2) is 11.6 Å². The standard InChI is InChI=1S/C12H16FNO4S/c1-17-12-5-4-10(7-11(12)13)19(15,16)14-8-9-3-2-6-18-9/h4-5,7,9,14H,2-3,6,8H2,1H3. The molecule has 2 rings (SSSR count). The number of methoxy groups -OCH3 is 1. The van der Waals surface area contributed by atoms with Crippen LogP contribution in [0.1, 0.15) is 12.8 Å². The number of rotatable bonds is 5. The third-order valence-electron chi connectivity index (χ3n) is 2.96. The Hall–Kier alpha value is -1.18. The second-order valence-electron chi connectivity index (χ2n) is 4.28. The number of sulfonamides is 1. The van der Waals surface area contributed by atoms with Crippen LogP contribution in [0, 0.1) is 5.82 Å². The van der Waals surface area contributed by atoms with Crippen LogP contribution >= 0.6 is 0 Å². The quantitative estimate of drug-likeness (QED) is 0.887. The van der Waals surface area contributed by atoms with E-state index < -0.39 is 15.8 Å². The van der Waals surface area contributed by atoms with Gasteiger partial charge >= 0.3 is 0 Å². The molecule has 1 N–H and O–H groups in total. The predicted molar refractivity (Wildman–Crippen MR) is 67.1 cm³/mol. The topological polar surface area (TPSA) is 64.6 Å². The van der Waals surface area contributed by atoms with Gasteiger partial charge in [-0.25, -0.2) is 17.5 Å². The molecule has 0 saturated carbocycles. The molecule has 1 aromatic rings. The average molecular weight is 289 g/mol. The summed E-state index contributed by atoms with van der Waals surface area (Å²) in [6.07, 6.45) is 1.67. The first-order valence-corrected chi connectivity index (χ1v) is 7.46. The van der Waals surface area contributed by atoms with E-state index in [0.717, 1.165) is 18.9 Å². The van der Waals surface area contributed by atoms with Crippen LogP contribution in [0.4, 0.5) is 4.39 Å². The van der Waals surface area contributed by atoms with E-state index in [1.54, 1.807) is 0 Å². The molecule has 0 spiro atoms. The minimum Gasteiger partial charge on any atom is -0.494 e. The van der Waals surface area contributed by atoms with Crippen molar-refractivity contribution >= 4 is 10.0 Å². The van der Waals surface area contributed by atoms with Crippen LogP contribution < -0.4 is 9.46 Å². The maximum Gasteiger partial charge on any atom is 0.240 e. The Morgan fingerprint density at radius 1 is 1.53 bits per heavy atom. The van der Waals surface area contributed by atoms with Gasteiger partial charge in [0.05, 0.1) is 18.1 Å². The lowest BCUT2D eigenvalue weighted by Crippen LogP contribution is -2.31. The largest absolute Gasteiger partial charge is 0.494 e. The summed E-state index contributed by atoms with van der Waals surface area (Å²) in [4.78, 5) is -0.121. The van der Waals surface area contributed by atoms with Crippen molar-refractivity contribution < 1.29 is 22.3 Å². The molecule has 5 nitrogen and oxygen atoms in total. The molecule has 1 aliphatic rings. The third kappa shape index (κ3) is 3.43. The van der Waals surface area contributed by atoms with Crippen molar-refractivity contribution in [2.75, 3.05) is 20.3 Å². The molecule has 7 heteroatoms. The number of ether oxygens (including phenoxy) is 2. The van der Waals surface area contributed by atoms with Crippen molar-refractivity contribution in [1.29, 1.82) is 0 Å². The lowest BCUT2D eigenvalue weighted by molar-refractivity contribution is 0.114. The van der Waals surface area contributed by atoms with Gasteiger partial charge in [-0.2, -0.15) is 0 Å². The number of nitrogens with one attached hydrogen (secondary N) is 1. The van der Waals surface area contributed by atoms with Crippen LogP contribution in [0.25, 0.3) is 0 Å². The van der Waals surface area contributed by atoms with Crippen molar-refractivity contribution in [2.24, 2.45) is 0 Å². The molecule has 1 fully saturated rings. The van der Waals surface area contributed by atoms with Crippen molar-refractivity contribution in [3.63, 3.8) is 0 Å². The Kier molecular flexibility index (Phi) is 4.38. The molecule has 106 valence electrons. The predicted octanol–water partition coefficient (Wildman–Crippen LogP) is 1.29. The van der Waals surface area contributed by atoms with E-state index >= 15 is 0 Å². The van der Waals surface area contributed by atoms with E-state index in [9.17, 15) is 12.8 Å². The molecule has 0 aromatic heterocycles. The van der Waals surface area contributed by atoms with Crippen LogP contribution in [-0.2, 0) is 14.8 Å². The first kappa shape index (κ1) is 14.2. The van der Waals surface area contributed by atoms with Crippen LogP contribution in [0.3, 0.4) is 0 Å². The van der Waals surface area contributed by atoms with Crippen molar-refractivity contribution in [1.82, 2.24) is 4.72 Å². The van der Waals surface area contributed by atoms with Crippen LogP contribution in [-0.4, -0.2) is 34.8 Å². The number of hydrogen-bond donors (Lipinski definition) is 1. The van der Waals surface area contributed by atoms with E-state index in [2.05, 4.69) is 4.72 Å². The van der Waals surface area contributed by atoms with Gasteiger partial charge in [-0.15, -0.1) is 0 Å². The molecular formula is C12H16FNO4S. The van der Waals surface area contributed by atoms with Gasteiger partial charge < -0.3 is 9.47 Å². The van der Waals surface area contributed by atoms with Gasteiger partial charge in [-0.3, -0.25) is 0 Å². The fourth-order valence-corrected chi connectivity index (χ4v) is 2.98. The Morgan fingerprint density at radius 2 is 2.32 bits per heavy atom. The summed E-state index contributed by atoms with van der Waals surface area (Å²) in [5.74, 6) is -0.694. The highest BCUT2D eigenvalue weighted by Crippen LogP contribution is 2.20. The number of benzene rings is 1. The summed E-state index contributed by atoms with van der Waals surface area (Å²) in [5, 5.41) is 0. The summed E-state index contributed by atoms with van der Waals surface area (Å²) in [5.41, 5.74) is 0. The zero-order valence-electron chi connectivity index (χ0n) is 10.6. The molecule has 0 aliphatic carbocycles. The Labute approximate surface area is 111 Å². The SMILES string of the molecule is COc1ccc(S(=O)(=O)NCC2CCCO2)cc1F. The van der Waals surface area contributed by atoms with Gasteiger partial charge in [-0.1, -0.05) is 0 Å². The molecule has 19 heavy (non-hydrogen) atoms. The second kappa shape index (κ2) is 5.85. The van der Waals surface area contributed by atoms with Gasteiger partial charge in [0, 0.05) is 13.2 Å². The number of hydrogen-bond acceptors (Lipinski definition) is 4. The Morgan fingerprint density at radius 3 is 2.89 bits per heavy atom. The van der Waals surface area contributed by atoms with Crippen molar-refractivity contribution in [3.8, 4) is 5.75 Å². The van der Waals surface area contributed by atoms with Crippen molar-refractivity contribution in [3.05, 3.63) is 24.0 Å². The summed E-state index contributed by atoms with van der Waals surface area (Å²) >= 11 is 0. The smallest absolute Gasteiger partial charge is 0.240 e. The molecule has 0 radical (unpaired) electrons. The molecule has 1 unspecified atom stereocenters. The molecule has 1 aromatic carbocycles. The van der Waals surface area contributed by atoms with Gasteiger partial charge in [-0.05, 0) is 31.0 Å². The fourth-order valence-electron chi connectivity index (χ4n) is 1.91. The normalized spacial score (nSPS) is 19.6. The highest BCUT2D eigenvalue weighted by molar-refractivity contribution is 7.89. The molecule has 1 heterocycles. The summed E-state index contributed by atoms with van der Waals surface area (Å²) in [6, 6.07) is 3.53. The lowest BCUT2D eigenvalue weighted by Gasteiger charge is -2.12. The van der Waals surface area contributed by atoms with Crippen LogP contribution in [0.15, 0.2) is 23.1 Å². The summed E-state index contributed by atoms with van der Waals surface area (Å²) in [7, 11) is -2.40. The first-order chi connectivity index (χ1) is 9.03. The highest BCUT2D eigenvalue weighted by Gasteiger charge is 2.21. The molecule has 0 amide bonds. The zero-order valence-corrected chi connectivity index (χ0v) is 11.4. The number of halogens is 1. The fraction of sp³-hybridized carbons (Fsp3) is 0.500. The maximum absolute atomic E-state index is 13.5. The minimum absolute atomic E-state index is 0.0121. The summed E-state index contributed by atoms with van der Waals surface area (Å²) < 4.78 is 49.9. The zero-order chi connectivity index (χ0) is 13.9. The van der Waals surface area contributed by atoms with E-state index in [4.69, 9.17) is 9.47 Å². The Balaban J connectivity index is 2.08. The highest BCUT2D eigenvalue weighted by atomic mass is 32.2. The molecular weight excluding hydrogens is 273 g/mol. The van der Waals surface area contributed by atoms with E-state index in [1.807, 2.05) is 0 Å². The third-order valence-corrected chi connectivity index (χ3v) is 4.38. The van der Waals surface area contributed by atoms with Crippen LogP contribution in [0.2, 0.25) is 0 Å². The minimum atomic E-state index is -3.72. The van der Waals surface area contributed by atoms with E-state index in [-0.39, 0.29) is 23.3 Å². The molecule has 1 atom stereocenters. The van der Waals surface area contributed by atoms with E-state index in [0.29, 0.717) is 6.61 Å². The van der Waals surface area contributed by atoms with Gasteiger partial charge in [0.25, 0.3) is 0 Å². The lowest BCUT2D eigenvalue weighted by atomic mass is 10.2. The summed E-state index contributed by atoms with van der Waals surface area (Å²) in [6.45, 7) is 0.861. The van der Waals surface area contributed by atoms with Crippen molar-refractivity contribution in [2.45, 2.75) is 23.8 Å². The second-order valence-corrected chi connectivity index (χ2v) is 6.05. The first-order valence-electron chi connectivity index (χ1n) is 5.98. The molecule has 0 bridgehead atoms. The van der Waals surface area contributed by atoms with Crippen LogP contribution in [0.5, 0.6) is 5.75 Å². The maximum atomic E-state index is 13.5. The monoisotopic (exact) mass is 289 g/mol. The van der Waals surface area contributed by atoms with E-state index in [1.165, 1.54) is 19.2 Å².